The monoisotopic (exact) mass is 754 g/mol. The quantitative estimate of drug-likeness (QED) is 0.167. The lowest BCUT2D eigenvalue weighted by Crippen LogP contribution is -2.32. The second-order valence-electron chi connectivity index (χ2n) is 16.2. The lowest BCUT2D eigenvalue weighted by Gasteiger charge is -2.45. The lowest BCUT2D eigenvalue weighted by atomic mass is 9.72. The molecule has 1 heterocycles. The Kier molecular flexibility index (Phi) is 8.20. The van der Waals surface area contributed by atoms with Crippen molar-refractivity contribution in [3.63, 3.8) is 0 Å². The summed E-state index contributed by atoms with van der Waals surface area (Å²) in [6, 6.07) is 80.1. The molecule has 2 nitrogen and oxygen atoms in total. The van der Waals surface area contributed by atoms with Gasteiger partial charge in [-0.05, 0) is 97.7 Å². The summed E-state index contributed by atoms with van der Waals surface area (Å²) in [5.74, 6) is 0. The van der Waals surface area contributed by atoms with Crippen LogP contribution in [0.2, 0.25) is 0 Å². The predicted octanol–water partition coefficient (Wildman–Crippen LogP) is 16.1. The zero-order valence-corrected chi connectivity index (χ0v) is 33.2. The van der Waals surface area contributed by atoms with E-state index in [1.165, 1.54) is 82.8 Å². The summed E-state index contributed by atoms with van der Waals surface area (Å²) in [7, 11) is 0. The van der Waals surface area contributed by atoms with Crippen LogP contribution < -0.4 is 9.80 Å². The van der Waals surface area contributed by atoms with Crippen LogP contribution in [0.4, 0.5) is 34.1 Å². The van der Waals surface area contributed by atoms with Crippen molar-refractivity contribution in [1.82, 2.24) is 0 Å². The molecule has 0 radical (unpaired) electrons. The minimum atomic E-state index is -0.355. The van der Waals surface area contributed by atoms with E-state index in [1.807, 2.05) is 0 Å². The summed E-state index contributed by atoms with van der Waals surface area (Å²) in [4.78, 5) is 5.03. The molecule has 11 rings (SSSR count). The summed E-state index contributed by atoms with van der Waals surface area (Å²) in [6.07, 6.45) is 0. The van der Waals surface area contributed by atoms with Gasteiger partial charge < -0.3 is 9.80 Å². The number of hydrogen-bond donors (Lipinski definition) is 0. The van der Waals surface area contributed by atoms with E-state index in [9.17, 15) is 0 Å². The van der Waals surface area contributed by atoms with Crippen LogP contribution in [-0.4, -0.2) is 0 Å². The predicted molar refractivity (Wildman–Crippen MR) is 251 cm³/mol. The van der Waals surface area contributed by atoms with Gasteiger partial charge in [0.05, 0.1) is 22.7 Å². The van der Waals surface area contributed by atoms with E-state index in [2.05, 4.69) is 242 Å². The molecule has 2 heteroatoms. The number of anilines is 6. The first-order valence-corrected chi connectivity index (χ1v) is 20.5. The minimum absolute atomic E-state index is 0.355. The van der Waals surface area contributed by atoms with E-state index in [4.69, 9.17) is 0 Å². The first-order valence-electron chi connectivity index (χ1n) is 20.5. The molecule has 0 spiro atoms. The molecular formula is C57H42N2. The highest BCUT2D eigenvalue weighted by Crippen LogP contribution is 2.58. The Bertz CT molecular complexity index is 3200. The average Bonchev–Trinajstić information content (AvgIpc) is 3.29. The molecule has 0 saturated heterocycles. The average molecular weight is 755 g/mol. The standard InChI is InChI=1S/C57H42N2/c1-57(2)51-23-12-13-24-52(51)59(56-49-22-11-10-19-43(49)32-36-50(56)46-28-27-40-17-6-8-20-44(40)37-46)54-26-14-25-53(55(54)57)58(48-35-31-41-18-7-9-21-45(41)38-48)47-33-29-42(30-34-47)39-15-4-3-5-16-39/h3-38H,1-2H3. The molecule has 0 amide bonds. The van der Waals surface area contributed by atoms with Gasteiger partial charge in [-0.1, -0.05) is 184 Å². The van der Waals surface area contributed by atoms with Crippen LogP contribution in [0.1, 0.15) is 25.0 Å². The number of nitrogens with zero attached hydrogens (tertiary/aromatic N) is 2. The maximum atomic E-state index is 2.56. The van der Waals surface area contributed by atoms with Crippen LogP contribution in [0.5, 0.6) is 0 Å². The van der Waals surface area contributed by atoms with Crippen molar-refractivity contribution < 1.29 is 0 Å². The summed E-state index contributed by atoms with van der Waals surface area (Å²) in [5.41, 5.74) is 13.9. The van der Waals surface area contributed by atoms with Crippen molar-refractivity contribution in [2.45, 2.75) is 19.3 Å². The highest BCUT2D eigenvalue weighted by Gasteiger charge is 2.41. The molecule has 280 valence electrons. The third-order valence-corrected chi connectivity index (χ3v) is 12.4. The number of fused-ring (bicyclic) bond motifs is 5. The van der Waals surface area contributed by atoms with Crippen LogP contribution in [0.3, 0.4) is 0 Å². The second-order valence-corrected chi connectivity index (χ2v) is 16.2. The molecule has 0 saturated carbocycles. The van der Waals surface area contributed by atoms with Crippen LogP contribution in [0.15, 0.2) is 218 Å². The topological polar surface area (TPSA) is 6.48 Å². The van der Waals surface area contributed by atoms with Crippen molar-refractivity contribution in [3.05, 3.63) is 230 Å². The van der Waals surface area contributed by atoms with Gasteiger partial charge >= 0.3 is 0 Å². The minimum Gasteiger partial charge on any atom is -0.310 e. The first kappa shape index (κ1) is 34.8. The summed E-state index contributed by atoms with van der Waals surface area (Å²) < 4.78 is 0. The summed E-state index contributed by atoms with van der Waals surface area (Å²) in [5, 5.41) is 7.34. The normalized spacial score (nSPS) is 13.0. The molecular weight excluding hydrogens is 713 g/mol. The molecule has 59 heavy (non-hydrogen) atoms. The van der Waals surface area contributed by atoms with Crippen molar-refractivity contribution in [2.75, 3.05) is 9.80 Å². The van der Waals surface area contributed by atoms with Crippen LogP contribution >= 0.6 is 0 Å². The largest absolute Gasteiger partial charge is 0.310 e. The van der Waals surface area contributed by atoms with Crippen molar-refractivity contribution in [3.8, 4) is 22.3 Å². The molecule has 0 aliphatic carbocycles. The number of hydrogen-bond acceptors (Lipinski definition) is 2. The van der Waals surface area contributed by atoms with Crippen LogP contribution in [0.25, 0.3) is 54.6 Å². The molecule has 0 fully saturated rings. The lowest BCUT2D eigenvalue weighted by molar-refractivity contribution is 0.632. The maximum Gasteiger partial charge on any atom is 0.0618 e. The van der Waals surface area contributed by atoms with Gasteiger partial charge in [-0.3, -0.25) is 0 Å². The van der Waals surface area contributed by atoms with E-state index in [0.29, 0.717) is 0 Å². The van der Waals surface area contributed by atoms with E-state index >= 15 is 0 Å². The number of para-hydroxylation sites is 1. The molecule has 10 aromatic carbocycles. The third kappa shape index (κ3) is 5.79. The van der Waals surface area contributed by atoms with E-state index in [1.54, 1.807) is 0 Å². The van der Waals surface area contributed by atoms with E-state index in [0.717, 1.165) is 17.1 Å². The zero-order valence-electron chi connectivity index (χ0n) is 33.2. The fourth-order valence-corrected chi connectivity index (χ4v) is 9.51. The molecule has 0 bridgehead atoms. The van der Waals surface area contributed by atoms with Crippen LogP contribution in [0, 0.1) is 0 Å². The first-order chi connectivity index (χ1) is 29.0. The van der Waals surface area contributed by atoms with Gasteiger partial charge in [0.2, 0.25) is 0 Å². The van der Waals surface area contributed by atoms with Crippen LogP contribution in [-0.2, 0) is 5.41 Å². The fraction of sp³-hybridized carbons (Fsp3) is 0.0526. The fourth-order valence-electron chi connectivity index (χ4n) is 9.51. The third-order valence-electron chi connectivity index (χ3n) is 12.4. The second kappa shape index (κ2) is 13.9. The Labute approximate surface area is 345 Å². The van der Waals surface area contributed by atoms with Gasteiger partial charge in [0, 0.05) is 33.3 Å². The van der Waals surface area contributed by atoms with Crippen molar-refractivity contribution in [2.24, 2.45) is 0 Å². The number of benzene rings is 10. The van der Waals surface area contributed by atoms with Crippen molar-refractivity contribution in [1.29, 1.82) is 0 Å². The Morgan fingerprint density at radius 2 is 0.949 bits per heavy atom. The molecule has 0 unspecified atom stereocenters. The Morgan fingerprint density at radius 3 is 1.73 bits per heavy atom. The SMILES string of the molecule is CC1(C)c2ccccc2N(c2c(-c3ccc4ccccc4c3)ccc3ccccc23)c2cccc(N(c3ccc(-c4ccccc4)cc3)c3ccc4ccccc4c3)c21. The van der Waals surface area contributed by atoms with Gasteiger partial charge in [0.25, 0.3) is 0 Å². The van der Waals surface area contributed by atoms with Gasteiger partial charge in [-0.15, -0.1) is 0 Å². The number of rotatable bonds is 6. The summed E-state index contributed by atoms with van der Waals surface area (Å²) in [6.45, 7) is 4.80. The Hall–Kier alpha value is -7.42. The van der Waals surface area contributed by atoms with Gasteiger partial charge in [0.15, 0.2) is 0 Å². The Balaban J connectivity index is 1.19. The Morgan fingerprint density at radius 1 is 0.390 bits per heavy atom. The molecule has 0 aromatic heterocycles. The van der Waals surface area contributed by atoms with Gasteiger partial charge in [-0.25, -0.2) is 0 Å². The summed E-state index contributed by atoms with van der Waals surface area (Å²) >= 11 is 0. The van der Waals surface area contributed by atoms with Gasteiger partial charge in [-0.2, -0.15) is 0 Å². The molecule has 10 aromatic rings. The van der Waals surface area contributed by atoms with Crippen molar-refractivity contribution >= 4 is 66.4 Å². The smallest absolute Gasteiger partial charge is 0.0618 e. The zero-order chi connectivity index (χ0) is 39.5. The molecule has 0 atom stereocenters. The maximum absolute atomic E-state index is 2.56. The van der Waals surface area contributed by atoms with Gasteiger partial charge in [0.1, 0.15) is 0 Å². The highest BCUT2D eigenvalue weighted by atomic mass is 15.2. The molecule has 0 N–H and O–H groups in total. The van der Waals surface area contributed by atoms with E-state index in [-0.39, 0.29) is 5.41 Å². The highest BCUT2D eigenvalue weighted by molar-refractivity contribution is 6.09. The van der Waals surface area contributed by atoms with E-state index < -0.39 is 0 Å². The molecule has 1 aliphatic heterocycles. The molecule has 1 aliphatic rings.